The van der Waals surface area contributed by atoms with E-state index in [0.29, 0.717) is 5.75 Å². The molecule has 1 unspecified atom stereocenters. The molecule has 1 N–H and O–H groups in total. The monoisotopic (exact) mass is 443 g/mol. The zero-order valence-electron chi connectivity index (χ0n) is 13.5. The third-order valence-corrected chi connectivity index (χ3v) is 6.43. The summed E-state index contributed by atoms with van der Waals surface area (Å²) in [5.41, 5.74) is 1.10. The number of carbonyl (C=O) groups excluding carboxylic acids is 1. The molecule has 0 aliphatic heterocycles. The molecule has 0 radical (unpaired) electrons. The van der Waals surface area contributed by atoms with Crippen LogP contribution in [0.2, 0.25) is 0 Å². The highest BCUT2D eigenvalue weighted by Crippen LogP contribution is 2.17. The van der Waals surface area contributed by atoms with Crippen LogP contribution in [0.25, 0.3) is 0 Å². The van der Waals surface area contributed by atoms with Gasteiger partial charge in [0.05, 0.1) is 12.0 Å². The molecule has 0 fully saturated rings. The molecule has 0 aromatic heterocycles. The van der Waals surface area contributed by atoms with Crippen molar-refractivity contribution in [1.29, 1.82) is 0 Å². The van der Waals surface area contributed by atoms with E-state index >= 15 is 0 Å². The van der Waals surface area contributed by atoms with Gasteiger partial charge in [0.2, 0.25) is 10.0 Å². The molecule has 0 spiro atoms. The lowest BCUT2D eigenvalue weighted by Crippen LogP contribution is -2.43. The zero-order chi connectivity index (χ0) is 18.3. The summed E-state index contributed by atoms with van der Waals surface area (Å²) in [5, 5.41) is 0. The molecule has 134 valence electrons. The summed E-state index contributed by atoms with van der Waals surface area (Å²) < 4.78 is 32.9. The van der Waals surface area contributed by atoms with Crippen molar-refractivity contribution >= 4 is 43.7 Å². The van der Waals surface area contributed by atoms with E-state index in [4.69, 9.17) is 4.74 Å². The number of ether oxygens (including phenoxy) is 1. The molecule has 0 bridgehead atoms. The number of rotatable bonds is 8. The molecule has 2 aromatic rings. The van der Waals surface area contributed by atoms with Crippen molar-refractivity contribution in [3.05, 3.63) is 64.6 Å². The van der Waals surface area contributed by atoms with Gasteiger partial charge in [-0.25, -0.2) is 8.42 Å². The van der Waals surface area contributed by atoms with E-state index in [1.165, 1.54) is 31.0 Å². The van der Waals surface area contributed by atoms with Gasteiger partial charge in [-0.1, -0.05) is 46.3 Å². The molecule has 25 heavy (non-hydrogen) atoms. The minimum Gasteiger partial charge on any atom is -0.468 e. The average Bonchev–Trinajstić information content (AvgIpc) is 2.61. The van der Waals surface area contributed by atoms with E-state index in [9.17, 15) is 13.2 Å². The normalized spacial score (nSPS) is 12.6. The predicted molar refractivity (Wildman–Crippen MR) is 103 cm³/mol. The second-order valence-electron chi connectivity index (χ2n) is 5.15. The molecule has 0 saturated heterocycles. The van der Waals surface area contributed by atoms with Crippen LogP contribution in [-0.4, -0.2) is 33.3 Å². The van der Waals surface area contributed by atoms with Gasteiger partial charge < -0.3 is 4.74 Å². The average molecular weight is 444 g/mol. The van der Waals surface area contributed by atoms with E-state index in [0.717, 1.165) is 10.0 Å². The Kier molecular flexibility index (Phi) is 7.49. The van der Waals surface area contributed by atoms with Crippen molar-refractivity contribution in [3.63, 3.8) is 0 Å². The number of esters is 1. The molecular weight excluding hydrogens is 426 g/mol. The first-order chi connectivity index (χ1) is 11.9. The SMILES string of the molecule is COC(=O)C(CSCc1ccccc1)NS(=O)(=O)c1ccc(Br)cc1. The Balaban J connectivity index is 2.04. The standard InChI is InChI=1S/C17H18BrNO4S2/c1-23-17(20)16(12-24-11-13-5-3-2-4-6-13)19-25(21,22)15-9-7-14(18)8-10-15/h2-10,16,19H,11-12H2,1H3. The number of carbonyl (C=O) groups is 1. The van der Waals surface area contributed by atoms with Crippen molar-refractivity contribution in [2.75, 3.05) is 12.9 Å². The Labute approximate surface area is 160 Å². The lowest BCUT2D eigenvalue weighted by atomic mass is 10.2. The summed E-state index contributed by atoms with van der Waals surface area (Å²) in [6, 6.07) is 15.0. The molecule has 0 aliphatic carbocycles. The van der Waals surface area contributed by atoms with Gasteiger partial charge in [0.15, 0.2) is 0 Å². The van der Waals surface area contributed by atoms with Crippen LogP contribution in [0.5, 0.6) is 0 Å². The first-order valence-corrected chi connectivity index (χ1v) is 10.8. The van der Waals surface area contributed by atoms with Gasteiger partial charge in [0, 0.05) is 16.0 Å². The quantitative estimate of drug-likeness (QED) is 0.634. The summed E-state index contributed by atoms with van der Waals surface area (Å²) in [7, 11) is -2.57. The molecule has 2 aromatic carbocycles. The van der Waals surface area contributed by atoms with Crippen LogP contribution < -0.4 is 4.72 Å². The topological polar surface area (TPSA) is 72.5 Å². The van der Waals surface area contributed by atoms with Gasteiger partial charge in [-0.05, 0) is 29.8 Å². The highest BCUT2D eigenvalue weighted by Gasteiger charge is 2.26. The lowest BCUT2D eigenvalue weighted by molar-refractivity contribution is -0.141. The van der Waals surface area contributed by atoms with Crippen molar-refractivity contribution in [3.8, 4) is 0 Å². The van der Waals surface area contributed by atoms with Crippen molar-refractivity contribution < 1.29 is 17.9 Å². The third-order valence-electron chi connectivity index (χ3n) is 3.30. The van der Waals surface area contributed by atoms with E-state index in [1.807, 2.05) is 30.3 Å². The van der Waals surface area contributed by atoms with Crippen molar-refractivity contribution in [2.45, 2.75) is 16.7 Å². The number of benzene rings is 2. The maximum atomic E-state index is 12.5. The van der Waals surface area contributed by atoms with Crippen LogP contribution >= 0.6 is 27.7 Å². The second kappa shape index (κ2) is 9.38. The number of nitrogens with one attached hydrogen (secondary N) is 1. The Morgan fingerprint density at radius 1 is 1.16 bits per heavy atom. The van der Waals surface area contributed by atoms with Crippen LogP contribution in [0.4, 0.5) is 0 Å². The van der Waals surface area contributed by atoms with Crippen LogP contribution in [0.1, 0.15) is 5.56 Å². The molecular formula is C17H18BrNO4S2. The van der Waals surface area contributed by atoms with Gasteiger partial charge in [0.25, 0.3) is 0 Å². The highest BCUT2D eigenvalue weighted by atomic mass is 79.9. The van der Waals surface area contributed by atoms with E-state index < -0.39 is 22.0 Å². The Morgan fingerprint density at radius 2 is 1.80 bits per heavy atom. The van der Waals surface area contributed by atoms with Gasteiger partial charge in [-0.3, -0.25) is 4.79 Å². The number of thioether (sulfide) groups is 1. The molecule has 0 amide bonds. The number of sulfonamides is 1. The number of methoxy groups -OCH3 is 1. The Hall–Kier alpha value is -1.35. The summed E-state index contributed by atoms with van der Waals surface area (Å²) in [6.45, 7) is 0. The predicted octanol–water partition coefficient (Wildman–Crippen LogP) is 3.20. The van der Waals surface area contributed by atoms with E-state index in [-0.39, 0.29) is 10.6 Å². The third kappa shape index (κ3) is 6.14. The second-order valence-corrected chi connectivity index (χ2v) is 8.81. The van der Waals surface area contributed by atoms with Crippen LogP contribution in [0.15, 0.2) is 64.0 Å². The molecule has 0 aliphatic rings. The van der Waals surface area contributed by atoms with Crippen LogP contribution in [0.3, 0.4) is 0 Å². The molecule has 0 saturated carbocycles. The minimum absolute atomic E-state index is 0.0951. The number of hydrogen-bond acceptors (Lipinski definition) is 5. The Morgan fingerprint density at radius 3 is 2.40 bits per heavy atom. The molecule has 0 heterocycles. The summed E-state index contributed by atoms with van der Waals surface area (Å²) in [4.78, 5) is 12.0. The van der Waals surface area contributed by atoms with Crippen LogP contribution in [0, 0.1) is 0 Å². The fourth-order valence-electron chi connectivity index (χ4n) is 2.03. The zero-order valence-corrected chi connectivity index (χ0v) is 16.7. The van der Waals surface area contributed by atoms with E-state index in [1.54, 1.807) is 12.1 Å². The smallest absolute Gasteiger partial charge is 0.324 e. The lowest BCUT2D eigenvalue weighted by Gasteiger charge is -2.16. The number of halogens is 1. The van der Waals surface area contributed by atoms with Gasteiger partial charge in [-0.15, -0.1) is 0 Å². The van der Waals surface area contributed by atoms with Crippen molar-refractivity contribution in [2.24, 2.45) is 0 Å². The number of hydrogen-bond donors (Lipinski definition) is 1. The minimum atomic E-state index is -3.81. The largest absolute Gasteiger partial charge is 0.468 e. The molecule has 2 rings (SSSR count). The van der Waals surface area contributed by atoms with Gasteiger partial charge in [0.1, 0.15) is 6.04 Å². The van der Waals surface area contributed by atoms with Crippen LogP contribution in [-0.2, 0) is 25.3 Å². The van der Waals surface area contributed by atoms with Gasteiger partial charge in [-0.2, -0.15) is 16.5 Å². The van der Waals surface area contributed by atoms with E-state index in [2.05, 4.69) is 20.7 Å². The summed E-state index contributed by atoms with van der Waals surface area (Å²) >= 11 is 4.72. The summed E-state index contributed by atoms with van der Waals surface area (Å²) in [6.07, 6.45) is 0. The summed E-state index contributed by atoms with van der Waals surface area (Å²) in [5.74, 6) is 0.340. The molecule has 1 atom stereocenters. The van der Waals surface area contributed by atoms with Crippen molar-refractivity contribution in [1.82, 2.24) is 4.72 Å². The first kappa shape index (κ1) is 20.0. The molecule has 5 nitrogen and oxygen atoms in total. The highest BCUT2D eigenvalue weighted by molar-refractivity contribution is 9.10. The molecule has 8 heteroatoms. The fourth-order valence-corrected chi connectivity index (χ4v) is 4.59. The first-order valence-electron chi connectivity index (χ1n) is 7.40. The fraction of sp³-hybridized carbons (Fsp3) is 0.235. The van der Waals surface area contributed by atoms with Gasteiger partial charge >= 0.3 is 5.97 Å². The Bertz CT molecular complexity index is 795. The maximum Gasteiger partial charge on any atom is 0.324 e. The maximum absolute atomic E-state index is 12.5.